The molecule has 3 aromatic heterocycles. The number of nitrogens with one attached hydrogen (secondary N) is 2. The van der Waals surface area contributed by atoms with Gasteiger partial charge in [-0.1, -0.05) is 0 Å². The molecule has 2 N–H and O–H groups in total. The predicted octanol–water partition coefficient (Wildman–Crippen LogP) is 1.81. The fourth-order valence-electron chi connectivity index (χ4n) is 3.24. The zero-order valence-electron chi connectivity index (χ0n) is 14.6. The van der Waals surface area contributed by atoms with Gasteiger partial charge < -0.3 is 10.3 Å². The first-order valence-electron chi connectivity index (χ1n) is 8.57. The quantitative estimate of drug-likeness (QED) is 0.730. The Balaban J connectivity index is 1.39. The molecule has 0 unspecified atom stereocenters. The largest absolute Gasteiger partial charge is 0.363 e. The second-order valence-electron chi connectivity index (χ2n) is 6.45. The summed E-state index contributed by atoms with van der Waals surface area (Å²) in [4.78, 5) is 13.9. The van der Waals surface area contributed by atoms with E-state index in [1.54, 1.807) is 18.6 Å². The third kappa shape index (κ3) is 3.43. The maximum atomic E-state index is 9.09. The molecule has 0 bridgehead atoms. The fourth-order valence-corrected chi connectivity index (χ4v) is 3.24. The van der Waals surface area contributed by atoms with E-state index in [0.29, 0.717) is 6.54 Å². The third-order valence-electron chi connectivity index (χ3n) is 4.53. The van der Waals surface area contributed by atoms with Crippen LogP contribution in [0.2, 0.25) is 0 Å². The molecule has 4 rings (SSSR count). The molecule has 0 aromatic carbocycles. The maximum absolute atomic E-state index is 9.09. The van der Waals surface area contributed by atoms with Gasteiger partial charge in [-0.15, -0.1) is 0 Å². The van der Waals surface area contributed by atoms with E-state index < -0.39 is 0 Å². The van der Waals surface area contributed by atoms with E-state index in [2.05, 4.69) is 47.1 Å². The van der Waals surface area contributed by atoms with E-state index in [0.717, 1.165) is 54.6 Å². The molecule has 3 aromatic rings. The van der Waals surface area contributed by atoms with Crippen molar-refractivity contribution in [3.8, 4) is 6.07 Å². The zero-order chi connectivity index (χ0) is 17.9. The van der Waals surface area contributed by atoms with Crippen molar-refractivity contribution in [2.75, 3.05) is 11.9 Å². The second-order valence-corrected chi connectivity index (χ2v) is 6.45. The van der Waals surface area contributed by atoms with Gasteiger partial charge in [0.15, 0.2) is 0 Å². The van der Waals surface area contributed by atoms with Gasteiger partial charge in [0.1, 0.15) is 11.9 Å². The number of nitrogens with zero attached hydrogens (tertiary/aromatic N) is 6. The first-order chi connectivity index (χ1) is 12.7. The van der Waals surface area contributed by atoms with Crippen LogP contribution in [0.5, 0.6) is 0 Å². The number of hydrogen-bond acceptors (Lipinski definition) is 6. The molecule has 8 nitrogen and oxygen atoms in total. The third-order valence-corrected chi connectivity index (χ3v) is 4.53. The molecule has 8 heteroatoms. The molecular weight excluding hydrogens is 328 g/mol. The van der Waals surface area contributed by atoms with E-state index in [1.807, 2.05) is 13.0 Å². The minimum atomic E-state index is 0.625. The van der Waals surface area contributed by atoms with Crippen LogP contribution in [0, 0.1) is 18.3 Å². The van der Waals surface area contributed by atoms with Crippen molar-refractivity contribution in [1.29, 1.82) is 5.26 Å². The van der Waals surface area contributed by atoms with Gasteiger partial charge in [-0.25, -0.2) is 4.98 Å². The van der Waals surface area contributed by atoms with E-state index in [4.69, 9.17) is 5.26 Å². The Bertz CT molecular complexity index is 934. The molecule has 4 heterocycles. The summed E-state index contributed by atoms with van der Waals surface area (Å²) in [5.41, 5.74) is 4.93. The molecule has 0 spiro atoms. The molecule has 1 aliphatic rings. The highest BCUT2D eigenvalue weighted by atomic mass is 15.3. The lowest BCUT2D eigenvalue weighted by molar-refractivity contribution is 0.203. The number of aromatic amines is 1. The molecule has 0 saturated heterocycles. The molecule has 1 aliphatic heterocycles. The van der Waals surface area contributed by atoms with Crippen LogP contribution >= 0.6 is 0 Å². The highest BCUT2D eigenvalue weighted by molar-refractivity contribution is 5.36. The summed E-state index contributed by atoms with van der Waals surface area (Å²) in [5, 5.41) is 17.0. The molecule has 0 saturated carbocycles. The monoisotopic (exact) mass is 348 g/mol. The summed E-state index contributed by atoms with van der Waals surface area (Å²) >= 11 is 0. The lowest BCUT2D eigenvalue weighted by atomic mass is 10.2. The minimum Gasteiger partial charge on any atom is -0.363 e. The summed E-state index contributed by atoms with van der Waals surface area (Å²) in [7, 11) is 0. The molecule has 0 amide bonds. The molecule has 0 atom stereocenters. The number of H-pyrrole nitrogens is 1. The molecule has 0 fully saturated rings. The first-order valence-corrected chi connectivity index (χ1v) is 8.57. The van der Waals surface area contributed by atoms with Crippen LogP contribution in [0.15, 0.2) is 30.7 Å². The van der Waals surface area contributed by atoms with Crippen LogP contribution in [-0.4, -0.2) is 36.2 Å². The van der Waals surface area contributed by atoms with Crippen molar-refractivity contribution in [1.82, 2.24) is 29.6 Å². The second kappa shape index (κ2) is 6.98. The number of aryl methyl sites for hydroxylation is 1. The topological polar surface area (TPSA) is 98.4 Å². The van der Waals surface area contributed by atoms with Crippen molar-refractivity contribution in [2.45, 2.75) is 33.1 Å². The lowest BCUT2D eigenvalue weighted by Crippen LogP contribution is -2.33. The van der Waals surface area contributed by atoms with Gasteiger partial charge in [0.2, 0.25) is 0 Å². The van der Waals surface area contributed by atoms with Crippen molar-refractivity contribution in [3.05, 3.63) is 59.1 Å². The van der Waals surface area contributed by atoms with Crippen LogP contribution in [0.1, 0.15) is 28.3 Å². The summed E-state index contributed by atoms with van der Waals surface area (Å²) in [6.45, 7) is 6.01. The fraction of sp³-hybridized carbons (Fsp3) is 0.333. The molecule has 0 aliphatic carbocycles. The Morgan fingerprint density at radius 3 is 3.00 bits per heavy atom. The van der Waals surface area contributed by atoms with Crippen molar-refractivity contribution in [2.24, 2.45) is 0 Å². The van der Waals surface area contributed by atoms with E-state index in [-0.39, 0.29) is 0 Å². The average Bonchev–Trinajstić information content (AvgIpc) is 3.23. The highest BCUT2D eigenvalue weighted by Crippen LogP contribution is 2.18. The summed E-state index contributed by atoms with van der Waals surface area (Å²) in [5.74, 6) is 0.746. The van der Waals surface area contributed by atoms with Crippen LogP contribution in [0.3, 0.4) is 0 Å². The van der Waals surface area contributed by atoms with Crippen LogP contribution in [-0.2, 0) is 26.2 Å². The summed E-state index contributed by atoms with van der Waals surface area (Å²) in [6, 6.07) is 6.30. The van der Waals surface area contributed by atoms with E-state index in [9.17, 15) is 0 Å². The SMILES string of the molecule is Cc1[nH]c(CN2CCn3nc(CNc4cnccn4)cc3C2)cc1C#N. The average molecular weight is 348 g/mol. The van der Waals surface area contributed by atoms with Gasteiger partial charge in [-0.2, -0.15) is 10.4 Å². The normalized spacial score (nSPS) is 14.0. The number of rotatable bonds is 5. The molecule has 26 heavy (non-hydrogen) atoms. The number of nitriles is 1. The Labute approximate surface area is 151 Å². The highest BCUT2D eigenvalue weighted by Gasteiger charge is 2.19. The Morgan fingerprint density at radius 2 is 2.23 bits per heavy atom. The van der Waals surface area contributed by atoms with Gasteiger partial charge in [-0.3, -0.25) is 14.6 Å². The van der Waals surface area contributed by atoms with Gasteiger partial charge in [0.05, 0.1) is 36.2 Å². The van der Waals surface area contributed by atoms with Gasteiger partial charge in [0.25, 0.3) is 0 Å². The van der Waals surface area contributed by atoms with Crippen molar-refractivity contribution in [3.63, 3.8) is 0 Å². The Morgan fingerprint density at radius 1 is 1.31 bits per heavy atom. The van der Waals surface area contributed by atoms with Crippen molar-refractivity contribution < 1.29 is 0 Å². The predicted molar refractivity (Wildman–Crippen MR) is 95.9 cm³/mol. The number of anilines is 1. The number of fused-ring (bicyclic) bond motifs is 1. The van der Waals surface area contributed by atoms with Crippen LogP contribution < -0.4 is 5.32 Å². The number of aromatic nitrogens is 5. The van der Waals surface area contributed by atoms with E-state index in [1.165, 1.54) is 5.69 Å². The molecule has 132 valence electrons. The van der Waals surface area contributed by atoms with Gasteiger partial charge in [0, 0.05) is 43.4 Å². The number of hydrogen-bond donors (Lipinski definition) is 2. The Kier molecular flexibility index (Phi) is 4.37. The first kappa shape index (κ1) is 16.3. The molecular formula is C18H20N8. The smallest absolute Gasteiger partial charge is 0.144 e. The van der Waals surface area contributed by atoms with E-state index >= 15 is 0 Å². The maximum Gasteiger partial charge on any atom is 0.144 e. The van der Waals surface area contributed by atoms with Gasteiger partial charge >= 0.3 is 0 Å². The van der Waals surface area contributed by atoms with Crippen LogP contribution in [0.25, 0.3) is 0 Å². The standard InChI is InChI=1S/C18H20N8/c1-13-14(8-19)6-16(23-13)11-25-4-5-26-17(12-25)7-15(24-26)9-22-18-10-20-2-3-21-18/h2-3,6-7,10,23H,4-5,9,11-12H2,1H3,(H,21,22). The Hall–Kier alpha value is -3.18. The summed E-state index contributed by atoms with van der Waals surface area (Å²) < 4.78 is 2.07. The summed E-state index contributed by atoms with van der Waals surface area (Å²) in [6.07, 6.45) is 5.02. The minimum absolute atomic E-state index is 0.625. The van der Waals surface area contributed by atoms with Crippen LogP contribution in [0.4, 0.5) is 5.82 Å². The van der Waals surface area contributed by atoms with Gasteiger partial charge in [-0.05, 0) is 19.1 Å². The lowest BCUT2D eigenvalue weighted by Gasteiger charge is -2.26. The van der Waals surface area contributed by atoms with Crippen molar-refractivity contribution >= 4 is 5.82 Å². The zero-order valence-corrected chi connectivity index (χ0v) is 14.6. The molecule has 0 radical (unpaired) electrons.